The molecule has 3 aromatic carbocycles. The first-order chi connectivity index (χ1) is 36.1. The predicted molar refractivity (Wildman–Crippen MR) is 262 cm³/mol. The number of nitrogen functional groups attached to an aromatic ring is 2. The number of carbonyl (C=O) groups excluding carboxylic acids is 1. The minimum Gasteiger partial charge on any atom is -0.493 e. The monoisotopic (exact) mass is 1080 g/mol. The number of hydrogen-bond donors (Lipinski definition) is 6. The highest BCUT2D eigenvalue weighted by Gasteiger charge is 2.54. The Bertz CT molecular complexity index is 2920. The van der Waals surface area contributed by atoms with Crippen LogP contribution in [0.2, 0.25) is 0 Å². The molecule has 0 amide bonds. The lowest BCUT2D eigenvalue weighted by atomic mass is 9.77. The molecule has 0 saturated carbocycles. The van der Waals surface area contributed by atoms with Crippen LogP contribution >= 0.6 is 15.6 Å². The predicted octanol–water partition coefficient (Wildman–Crippen LogP) is 4.60. The summed E-state index contributed by atoms with van der Waals surface area (Å²) >= 11 is 0. The maximum absolute atomic E-state index is 13.4. The zero-order chi connectivity index (χ0) is 52.9. The quantitative estimate of drug-likeness (QED) is 0.0279. The van der Waals surface area contributed by atoms with E-state index in [9.17, 15) is 43.5 Å². The molecule has 2 fully saturated rings. The SMILES string of the molecule is Nc1ccn([C@H]2C[C@H](OP(=O)(O)OCCCCCOc3ccc4c(c3)Oc3cc(OCCCCCOP(=O)(O)O[C@H]5C[C@H](n6ccc(N)nc6=O)O[C@@H]5CO)ccc3C43OC(=O)c4ccccc43)[C@@H](CO)O2)c(=O)n1. The number of phosphoric acid groups is 2. The minimum absolute atomic E-state index is 0.0214. The van der Waals surface area contributed by atoms with Gasteiger partial charge in [-0.1, -0.05) is 18.2 Å². The maximum atomic E-state index is 13.4. The molecule has 2 aromatic heterocycles. The van der Waals surface area contributed by atoms with Crippen molar-refractivity contribution >= 4 is 33.3 Å². The van der Waals surface area contributed by atoms with Crippen LogP contribution < -0.4 is 37.1 Å². The van der Waals surface area contributed by atoms with E-state index in [-0.39, 0.29) is 50.9 Å². The third-order valence-electron chi connectivity index (χ3n) is 12.9. The molecule has 0 aliphatic carbocycles. The number of aromatic nitrogens is 4. The van der Waals surface area contributed by atoms with Crippen LogP contribution in [0.1, 0.15) is 90.9 Å². The highest BCUT2D eigenvalue weighted by molar-refractivity contribution is 7.47. The Morgan fingerprint density at radius 1 is 0.627 bits per heavy atom. The highest BCUT2D eigenvalue weighted by atomic mass is 31.2. The van der Waals surface area contributed by atoms with Gasteiger partial charge >= 0.3 is 33.0 Å². The molecule has 402 valence electrons. The molecule has 27 heteroatoms. The number of nitrogens with two attached hydrogens (primary N) is 2. The van der Waals surface area contributed by atoms with Crippen LogP contribution in [0.4, 0.5) is 11.6 Å². The van der Waals surface area contributed by atoms with E-state index in [1.807, 2.05) is 12.1 Å². The van der Waals surface area contributed by atoms with Crippen molar-refractivity contribution in [1.82, 2.24) is 19.1 Å². The summed E-state index contributed by atoms with van der Waals surface area (Å²) in [7, 11) is -9.15. The second kappa shape index (κ2) is 23.1. The van der Waals surface area contributed by atoms with Crippen molar-refractivity contribution in [2.75, 3.05) is 51.1 Å². The standard InChI is InChI=1S/C48H56N6O19P2/c49-41-15-17-53(46(58)51-41)43-25-37(39(27-55)69-43)72-74(60,61)66-21-7-1-5-19-64-29-11-13-33-35(23-29)68-36-24-30(12-14-34(36)48(33)32-10-4-3-9-31(32)45(57)71-48)65-20-6-2-8-22-67-75(62,63)73-38-26-44(70-40(38)28-56)54-18-16-42(50)52-47(54)59/h3-4,9-18,23-24,37-40,43-44,55-56H,1-2,5-8,19-22,25-28H2,(H,60,61)(H,62,63)(H2,49,51,58)(H2,50,52,59)/t37-,38-,39+,40+,43+,44+/m0/s1. The fourth-order valence-electron chi connectivity index (χ4n) is 9.30. The van der Waals surface area contributed by atoms with Crippen molar-refractivity contribution in [3.63, 3.8) is 0 Å². The number of ether oxygens (including phenoxy) is 6. The number of benzene rings is 3. The average molecular weight is 1080 g/mol. The van der Waals surface area contributed by atoms with E-state index in [4.69, 9.17) is 58.0 Å². The van der Waals surface area contributed by atoms with Gasteiger partial charge in [0.2, 0.25) is 0 Å². The summed E-state index contributed by atoms with van der Waals surface area (Å²) in [5, 5.41) is 19.6. The summed E-state index contributed by atoms with van der Waals surface area (Å²) in [4.78, 5) is 66.2. The van der Waals surface area contributed by atoms with Gasteiger partial charge < -0.3 is 59.9 Å². The fourth-order valence-corrected chi connectivity index (χ4v) is 11.3. The molecule has 75 heavy (non-hydrogen) atoms. The molecule has 4 aliphatic heterocycles. The number of anilines is 2. The summed E-state index contributed by atoms with van der Waals surface area (Å²) in [5.74, 6) is 1.28. The smallest absolute Gasteiger partial charge is 0.472 e. The summed E-state index contributed by atoms with van der Waals surface area (Å²) in [6.45, 7) is -0.738. The lowest BCUT2D eigenvalue weighted by molar-refractivity contribution is -0.0463. The van der Waals surface area contributed by atoms with Crippen molar-refractivity contribution in [1.29, 1.82) is 0 Å². The van der Waals surface area contributed by atoms with Crippen molar-refractivity contribution < 1.29 is 80.4 Å². The Labute approximate surface area is 428 Å². The van der Waals surface area contributed by atoms with Crippen LogP contribution in [0.5, 0.6) is 23.0 Å². The van der Waals surface area contributed by atoms with Gasteiger partial charge in [-0.3, -0.25) is 27.2 Å². The Hall–Kier alpha value is -6.05. The first kappa shape index (κ1) is 53.8. The number of carbonyl (C=O) groups is 1. The molecular weight excluding hydrogens is 1030 g/mol. The van der Waals surface area contributed by atoms with Crippen LogP contribution in [-0.2, 0) is 47.0 Å². The largest absolute Gasteiger partial charge is 0.493 e. The number of aliphatic hydroxyl groups excluding tert-OH is 2. The molecule has 25 nitrogen and oxygen atoms in total. The number of esters is 1. The molecule has 1 spiro atoms. The summed E-state index contributed by atoms with van der Waals surface area (Å²) in [6, 6.07) is 20.5. The van der Waals surface area contributed by atoms with Crippen LogP contribution in [0.15, 0.2) is 94.8 Å². The van der Waals surface area contributed by atoms with Gasteiger partial charge in [-0.05, 0) is 81.0 Å². The van der Waals surface area contributed by atoms with Gasteiger partial charge in [0.25, 0.3) is 0 Å². The number of unbranched alkanes of at least 4 members (excludes halogenated alkanes) is 4. The van der Waals surface area contributed by atoms with E-state index in [0.717, 1.165) is 9.13 Å². The van der Waals surface area contributed by atoms with E-state index < -0.39 is 88.7 Å². The first-order valence-electron chi connectivity index (χ1n) is 24.1. The Balaban J connectivity index is 0.745. The van der Waals surface area contributed by atoms with Crippen LogP contribution in [0.25, 0.3) is 0 Å². The van der Waals surface area contributed by atoms with E-state index in [0.29, 0.717) is 83.8 Å². The third-order valence-corrected chi connectivity index (χ3v) is 15.0. The molecule has 8 N–H and O–H groups in total. The topological polar surface area (TPSA) is 346 Å². The Kier molecular flexibility index (Phi) is 16.5. The molecular formula is C48H56N6O19P2. The molecule has 9 rings (SSSR count). The number of phosphoric ester groups is 2. The van der Waals surface area contributed by atoms with Crippen LogP contribution in [0.3, 0.4) is 0 Å². The number of rotatable bonds is 24. The van der Waals surface area contributed by atoms with Crippen LogP contribution in [0, 0.1) is 0 Å². The maximum Gasteiger partial charge on any atom is 0.472 e. The second-order valence-electron chi connectivity index (χ2n) is 17.9. The minimum atomic E-state index is -4.58. The zero-order valence-corrected chi connectivity index (χ0v) is 42.0. The number of hydrogen-bond acceptors (Lipinski definition) is 21. The third kappa shape index (κ3) is 12.2. The summed E-state index contributed by atoms with van der Waals surface area (Å²) in [6.07, 6.45) is -0.199. The van der Waals surface area contributed by atoms with Gasteiger partial charge in [0, 0.05) is 54.1 Å². The van der Waals surface area contributed by atoms with Crippen LogP contribution in [-0.4, -0.2) is 109 Å². The van der Waals surface area contributed by atoms with Gasteiger partial charge in [0.1, 0.15) is 71.5 Å². The Morgan fingerprint density at radius 3 is 1.56 bits per heavy atom. The molecule has 8 atom stereocenters. The van der Waals surface area contributed by atoms with E-state index in [1.165, 1.54) is 24.5 Å². The van der Waals surface area contributed by atoms with Gasteiger partial charge in [-0.25, -0.2) is 23.5 Å². The van der Waals surface area contributed by atoms with Gasteiger partial charge in [-0.2, -0.15) is 9.97 Å². The average Bonchev–Trinajstić information content (AvgIpc) is 4.05. The summed E-state index contributed by atoms with van der Waals surface area (Å²) in [5.41, 5.74) is 10.7. The molecule has 6 heterocycles. The normalized spacial score (nSPS) is 24.1. The van der Waals surface area contributed by atoms with E-state index in [2.05, 4.69) is 9.97 Å². The van der Waals surface area contributed by atoms with Crippen molar-refractivity contribution in [3.05, 3.63) is 128 Å². The van der Waals surface area contributed by atoms with Crippen molar-refractivity contribution in [2.24, 2.45) is 0 Å². The molecule has 2 saturated heterocycles. The van der Waals surface area contributed by atoms with E-state index in [1.54, 1.807) is 48.5 Å². The van der Waals surface area contributed by atoms with E-state index >= 15 is 0 Å². The van der Waals surface area contributed by atoms with Gasteiger partial charge in [0.15, 0.2) is 5.60 Å². The lowest BCUT2D eigenvalue weighted by Gasteiger charge is -2.36. The van der Waals surface area contributed by atoms with Gasteiger partial charge in [0.05, 0.1) is 45.2 Å². The molecule has 5 aromatic rings. The lowest BCUT2D eigenvalue weighted by Crippen LogP contribution is -2.33. The zero-order valence-electron chi connectivity index (χ0n) is 40.2. The van der Waals surface area contributed by atoms with Crippen molar-refractivity contribution in [3.8, 4) is 23.0 Å². The number of aliphatic hydroxyl groups is 2. The molecule has 4 aliphatic rings. The fraction of sp³-hybridized carbons (Fsp3) is 0.438. The second-order valence-corrected chi connectivity index (χ2v) is 20.7. The molecule has 2 unspecified atom stereocenters. The first-order valence-corrected chi connectivity index (χ1v) is 27.1. The highest BCUT2D eigenvalue weighted by Crippen LogP contribution is 2.57. The molecule has 0 bridgehead atoms. The molecule has 0 radical (unpaired) electrons. The summed E-state index contributed by atoms with van der Waals surface area (Å²) < 4.78 is 85.4. The number of fused-ring (bicyclic) bond motifs is 6. The van der Waals surface area contributed by atoms with Gasteiger partial charge in [-0.15, -0.1) is 0 Å². The van der Waals surface area contributed by atoms with Crippen molar-refractivity contribution in [2.45, 2.75) is 93.8 Å². The number of nitrogens with zero attached hydrogens (tertiary/aromatic N) is 4. The Morgan fingerprint density at radius 2 is 1.09 bits per heavy atom.